The first-order valence-electron chi connectivity index (χ1n) is 5.47. The minimum absolute atomic E-state index is 0.0334. The van der Waals surface area contributed by atoms with Gasteiger partial charge in [0, 0.05) is 6.54 Å². The van der Waals surface area contributed by atoms with Crippen LogP contribution in [0, 0.1) is 5.82 Å². The topological polar surface area (TPSA) is 24.9 Å². The first kappa shape index (κ1) is 13.3. The Morgan fingerprint density at radius 1 is 1.05 bits per heavy atom. The highest BCUT2D eigenvalue weighted by molar-refractivity contribution is 5.37. The molecule has 0 aliphatic rings. The summed E-state index contributed by atoms with van der Waals surface area (Å²) in [6, 6.07) is 7.83. The van der Waals surface area contributed by atoms with Crippen molar-refractivity contribution >= 4 is 5.82 Å². The zero-order chi connectivity index (χ0) is 13.9. The number of nitrogens with one attached hydrogen (secondary N) is 1. The van der Waals surface area contributed by atoms with Gasteiger partial charge in [-0.15, -0.1) is 0 Å². The lowest BCUT2D eigenvalue weighted by Crippen LogP contribution is -2.12. The van der Waals surface area contributed by atoms with E-state index in [0.29, 0.717) is 5.82 Å². The summed E-state index contributed by atoms with van der Waals surface area (Å²) in [6.07, 6.45) is -3.40. The van der Waals surface area contributed by atoms with Gasteiger partial charge in [0.2, 0.25) is 0 Å². The third-order valence-electron chi connectivity index (χ3n) is 2.51. The van der Waals surface area contributed by atoms with Gasteiger partial charge in [-0.2, -0.15) is 13.2 Å². The normalized spacial score (nSPS) is 11.4. The van der Waals surface area contributed by atoms with E-state index < -0.39 is 17.6 Å². The molecule has 0 spiro atoms. The van der Waals surface area contributed by atoms with Crippen molar-refractivity contribution < 1.29 is 17.6 Å². The van der Waals surface area contributed by atoms with Gasteiger partial charge >= 0.3 is 6.18 Å². The third-order valence-corrected chi connectivity index (χ3v) is 2.51. The molecule has 1 aromatic carbocycles. The van der Waals surface area contributed by atoms with Crippen molar-refractivity contribution in [3.63, 3.8) is 0 Å². The highest BCUT2D eigenvalue weighted by atomic mass is 19.4. The Kier molecular flexibility index (Phi) is 3.69. The van der Waals surface area contributed by atoms with Crippen LogP contribution in [0.4, 0.5) is 23.4 Å². The molecular formula is C13H10F4N2. The molecule has 1 N–H and O–H groups in total. The van der Waals surface area contributed by atoms with Crippen LogP contribution in [0.25, 0.3) is 0 Å². The first-order valence-corrected chi connectivity index (χ1v) is 5.47. The summed E-state index contributed by atoms with van der Waals surface area (Å²) < 4.78 is 50.8. The zero-order valence-corrected chi connectivity index (χ0v) is 9.71. The van der Waals surface area contributed by atoms with Crippen LogP contribution in [0.3, 0.4) is 0 Å². The van der Waals surface area contributed by atoms with E-state index in [2.05, 4.69) is 10.3 Å². The van der Waals surface area contributed by atoms with E-state index in [4.69, 9.17) is 0 Å². The van der Waals surface area contributed by atoms with Gasteiger partial charge in [-0.3, -0.25) is 0 Å². The number of nitrogens with zero attached hydrogens (tertiary/aromatic N) is 1. The van der Waals surface area contributed by atoms with Crippen molar-refractivity contribution in [3.8, 4) is 0 Å². The molecule has 0 aliphatic carbocycles. The summed E-state index contributed by atoms with van der Waals surface area (Å²) >= 11 is 0. The molecule has 19 heavy (non-hydrogen) atoms. The summed E-state index contributed by atoms with van der Waals surface area (Å²) in [5.41, 5.74) is -0.578. The molecular weight excluding hydrogens is 260 g/mol. The van der Waals surface area contributed by atoms with Gasteiger partial charge in [-0.1, -0.05) is 18.2 Å². The standard InChI is InChI=1S/C13H10F4N2/c14-10-5-6-12(19-8-10)18-7-9-3-1-2-4-11(9)13(15,16)17/h1-6,8H,7H2,(H,18,19). The third kappa shape index (κ3) is 3.43. The van der Waals surface area contributed by atoms with Crippen molar-refractivity contribution in [1.82, 2.24) is 4.98 Å². The number of hydrogen-bond acceptors (Lipinski definition) is 2. The molecule has 100 valence electrons. The van der Waals surface area contributed by atoms with Crippen LogP contribution in [0.5, 0.6) is 0 Å². The van der Waals surface area contributed by atoms with Crippen molar-refractivity contribution in [2.75, 3.05) is 5.32 Å². The second-order valence-corrected chi connectivity index (χ2v) is 3.87. The Labute approximate surface area is 107 Å². The summed E-state index contributed by atoms with van der Waals surface area (Å²) in [5, 5.41) is 2.72. The number of anilines is 1. The smallest absolute Gasteiger partial charge is 0.366 e. The molecule has 0 atom stereocenters. The maximum atomic E-state index is 12.7. The average Bonchev–Trinajstić information content (AvgIpc) is 2.37. The van der Waals surface area contributed by atoms with Crippen molar-refractivity contribution in [2.45, 2.75) is 12.7 Å². The van der Waals surface area contributed by atoms with Crippen LogP contribution in [-0.4, -0.2) is 4.98 Å². The minimum atomic E-state index is -4.39. The Hall–Kier alpha value is -2.11. The van der Waals surface area contributed by atoms with E-state index in [1.165, 1.54) is 30.3 Å². The Morgan fingerprint density at radius 3 is 2.42 bits per heavy atom. The molecule has 0 fully saturated rings. The van der Waals surface area contributed by atoms with E-state index in [1.807, 2.05) is 0 Å². The number of aromatic nitrogens is 1. The maximum absolute atomic E-state index is 12.7. The molecule has 0 saturated heterocycles. The molecule has 0 amide bonds. The minimum Gasteiger partial charge on any atom is -0.366 e. The van der Waals surface area contributed by atoms with Crippen LogP contribution in [0.1, 0.15) is 11.1 Å². The fourth-order valence-corrected chi connectivity index (χ4v) is 1.62. The van der Waals surface area contributed by atoms with Crippen molar-refractivity contribution in [3.05, 3.63) is 59.5 Å². The van der Waals surface area contributed by atoms with E-state index in [0.717, 1.165) is 12.3 Å². The van der Waals surface area contributed by atoms with Crippen LogP contribution in [-0.2, 0) is 12.7 Å². The summed E-state index contributed by atoms with van der Waals surface area (Å²) in [4.78, 5) is 3.72. The van der Waals surface area contributed by atoms with Crippen molar-refractivity contribution in [1.29, 1.82) is 0 Å². The highest BCUT2D eigenvalue weighted by Gasteiger charge is 2.32. The van der Waals surface area contributed by atoms with Gasteiger partial charge < -0.3 is 5.32 Å². The lowest BCUT2D eigenvalue weighted by Gasteiger charge is -2.13. The first-order chi connectivity index (χ1) is 8.97. The molecule has 2 nitrogen and oxygen atoms in total. The number of alkyl halides is 3. The molecule has 0 radical (unpaired) electrons. The number of rotatable bonds is 3. The largest absolute Gasteiger partial charge is 0.416 e. The fourth-order valence-electron chi connectivity index (χ4n) is 1.62. The van der Waals surface area contributed by atoms with Gasteiger partial charge in [0.15, 0.2) is 0 Å². The lowest BCUT2D eigenvalue weighted by atomic mass is 10.1. The summed E-state index contributed by atoms with van der Waals surface area (Å²) in [6.45, 7) is -0.0334. The van der Waals surface area contributed by atoms with Crippen molar-refractivity contribution in [2.24, 2.45) is 0 Å². The molecule has 0 unspecified atom stereocenters. The molecule has 6 heteroatoms. The Morgan fingerprint density at radius 2 is 1.79 bits per heavy atom. The van der Waals surface area contributed by atoms with Crippen LogP contribution in [0.2, 0.25) is 0 Å². The summed E-state index contributed by atoms with van der Waals surface area (Å²) in [7, 11) is 0. The number of pyridine rings is 1. The van der Waals surface area contributed by atoms with Crippen LogP contribution >= 0.6 is 0 Å². The monoisotopic (exact) mass is 270 g/mol. The molecule has 0 bridgehead atoms. The zero-order valence-electron chi connectivity index (χ0n) is 9.71. The maximum Gasteiger partial charge on any atom is 0.416 e. The molecule has 0 saturated carbocycles. The molecule has 1 aromatic heterocycles. The van der Waals surface area contributed by atoms with E-state index >= 15 is 0 Å². The van der Waals surface area contributed by atoms with Crippen LogP contribution < -0.4 is 5.32 Å². The van der Waals surface area contributed by atoms with Gasteiger partial charge in [0.25, 0.3) is 0 Å². The Balaban J connectivity index is 2.14. The van der Waals surface area contributed by atoms with E-state index in [9.17, 15) is 17.6 Å². The second kappa shape index (κ2) is 5.26. The second-order valence-electron chi connectivity index (χ2n) is 3.87. The van der Waals surface area contributed by atoms with E-state index in [-0.39, 0.29) is 12.1 Å². The average molecular weight is 270 g/mol. The molecule has 2 rings (SSSR count). The van der Waals surface area contributed by atoms with Gasteiger partial charge in [0.05, 0.1) is 11.8 Å². The summed E-state index contributed by atoms with van der Waals surface area (Å²) in [5.74, 6) is -0.181. The van der Waals surface area contributed by atoms with E-state index in [1.54, 1.807) is 0 Å². The lowest BCUT2D eigenvalue weighted by molar-refractivity contribution is -0.138. The highest BCUT2D eigenvalue weighted by Crippen LogP contribution is 2.32. The predicted octanol–water partition coefficient (Wildman–Crippen LogP) is 3.85. The predicted molar refractivity (Wildman–Crippen MR) is 63.0 cm³/mol. The number of halogens is 4. The van der Waals surface area contributed by atoms with Gasteiger partial charge in [0.1, 0.15) is 11.6 Å². The fraction of sp³-hybridized carbons (Fsp3) is 0.154. The molecule has 1 heterocycles. The SMILES string of the molecule is Fc1ccc(NCc2ccccc2C(F)(F)F)nc1. The Bertz CT molecular complexity index is 549. The van der Waals surface area contributed by atoms with Gasteiger partial charge in [-0.25, -0.2) is 9.37 Å². The molecule has 2 aromatic rings. The number of benzene rings is 1. The van der Waals surface area contributed by atoms with Gasteiger partial charge in [-0.05, 0) is 23.8 Å². The quantitative estimate of drug-likeness (QED) is 0.857. The number of hydrogen-bond donors (Lipinski definition) is 1. The molecule has 0 aliphatic heterocycles. The van der Waals surface area contributed by atoms with Crippen LogP contribution in [0.15, 0.2) is 42.6 Å².